The van der Waals surface area contributed by atoms with E-state index >= 15 is 0 Å². The van der Waals surface area contributed by atoms with Gasteiger partial charge in [-0.25, -0.2) is 0 Å². The first-order valence-corrected chi connectivity index (χ1v) is 9.04. The molecular formula is C17H25BrN2O. The molecule has 0 N–H and O–H groups in total. The van der Waals surface area contributed by atoms with E-state index in [2.05, 4.69) is 45.4 Å². The molecule has 0 unspecified atom stereocenters. The molecule has 4 heteroatoms. The molecular weight excluding hydrogens is 328 g/mol. The van der Waals surface area contributed by atoms with Crippen molar-refractivity contribution in [3.8, 4) is 0 Å². The van der Waals surface area contributed by atoms with Gasteiger partial charge in [-0.1, -0.05) is 26.7 Å². The Morgan fingerprint density at radius 1 is 1.33 bits per heavy atom. The van der Waals surface area contributed by atoms with Crippen LogP contribution < -0.4 is 0 Å². The minimum atomic E-state index is 0.230. The van der Waals surface area contributed by atoms with Gasteiger partial charge in [0.25, 0.3) is 5.91 Å². The highest BCUT2D eigenvalue weighted by Crippen LogP contribution is 2.38. The van der Waals surface area contributed by atoms with Gasteiger partial charge in [-0.05, 0) is 53.6 Å². The summed E-state index contributed by atoms with van der Waals surface area (Å²) in [5, 5.41) is 0. The molecule has 1 aromatic heterocycles. The predicted molar refractivity (Wildman–Crippen MR) is 88.5 cm³/mol. The molecule has 0 atom stereocenters. The molecule has 21 heavy (non-hydrogen) atoms. The summed E-state index contributed by atoms with van der Waals surface area (Å²) >= 11 is 3.54. The first-order valence-electron chi connectivity index (χ1n) is 8.24. The largest absolute Gasteiger partial charge is 0.339 e. The normalized spacial score (nSPS) is 19.4. The van der Waals surface area contributed by atoms with Crippen LogP contribution in [0, 0.1) is 5.92 Å². The van der Waals surface area contributed by atoms with Gasteiger partial charge < -0.3 is 9.47 Å². The van der Waals surface area contributed by atoms with Gasteiger partial charge in [0.05, 0.1) is 0 Å². The van der Waals surface area contributed by atoms with E-state index in [-0.39, 0.29) is 5.91 Å². The fraction of sp³-hybridized carbons (Fsp3) is 0.706. The molecule has 0 saturated heterocycles. The molecule has 2 aliphatic carbocycles. The number of amides is 1. The zero-order chi connectivity index (χ0) is 15.0. The molecule has 2 fully saturated rings. The third-order valence-electron chi connectivity index (χ3n) is 4.56. The maximum Gasteiger partial charge on any atom is 0.270 e. The fourth-order valence-electron chi connectivity index (χ4n) is 3.43. The van der Waals surface area contributed by atoms with Crippen LogP contribution in [0.5, 0.6) is 0 Å². The molecule has 0 spiro atoms. The quantitative estimate of drug-likeness (QED) is 0.758. The molecule has 3 nitrogen and oxygen atoms in total. The van der Waals surface area contributed by atoms with E-state index < -0.39 is 0 Å². The Balaban J connectivity index is 1.85. The molecule has 2 saturated carbocycles. The van der Waals surface area contributed by atoms with Crippen LogP contribution in [0.2, 0.25) is 0 Å². The van der Waals surface area contributed by atoms with Gasteiger partial charge in [-0.15, -0.1) is 0 Å². The average Bonchev–Trinajstić information content (AvgIpc) is 2.98. The van der Waals surface area contributed by atoms with E-state index in [1.165, 1.54) is 38.5 Å². The number of hydrogen-bond acceptors (Lipinski definition) is 1. The number of hydrogen-bond donors (Lipinski definition) is 0. The molecule has 1 amide bonds. The van der Waals surface area contributed by atoms with Crippen LogP contribution in [-0.2, 0) is 0 Å². The lowest BCUT2D eigenvalue weighted by Gasteiger charge is -2.31. The number of halogens is 1. The second-order valence-electron chi connectivity index (χ2n) is 6.97. The molecule has 0 aliphatic heterocycles. The lowest BCUT2D eigenvalue weighted by molar-refractivity contribution is 0.0644. The lowest BCUT2D eigenvalue weighted by Crippen LogP contribution is -2.42. The van der Waals surface area contributed by atoms with Crippen molar-refractivity contribution in [2.75, 3.05) is 6.54 Å². The van der Waals surface area contributed by atoms with Gasteiger partial charge in [-0.2, -0.15) is 0 Å². The maximum atomic E-state index is 13.1. The molecule has 3 rings (SSSR count). The Kier molecular flexibility index (Phi) is 4.43. The van der Waals surface area contributed by atoms with Crippen LogP contribution in [0.25, 0.3) is 0 Å². The number of rotatable bonds is 5. The van der Waals surface area contributed by atoms with E-state index in [1.54, 1.807) is 0 Å². The summed E-state index contributed by atoms with van der Waals surface area (Å²) in [6.45, 7) is 5.27. The summed E-state index contributed by atoms with van der Waals surface area (Å²) in [4.78, 5) is 15.3. The van der Waals surface area contributed by atoms with Crippen molar-refractivity contribution < 1.29 is 4.79 Å². The minimum absolute atomic E-state index is 0.230. The van der Waals surface area contributed by atoms with Crippen molar-refractivity contribution in [2.45, 2.75) is 64.5 Å². The van der Waals surface area contributed by atoms with E-state index in [9.17, 15) is 4.79 Å². The van der Waals surface area contributed by atoms with Crippen molar-refractivity contribution in [1.29, 1.82) is 0 Å². The van der Waals surface area contributed by atoms with Gasteiger partial charge >= 0.3 is 0 Å². The van der Waals surface area contributed by atoms with E-state index in [1.807, 2.05) is 6.07 Å². The molecule has 1 heterocycles. The highest BCUT2D eigenvalue weighted by atomic mass is 79.9. The highest BCUT2D eigenvalue weighted by Gasteiger charge is 2.33. The molecule has 116 valence electrons. The minimum Gasteiger partial charge on any atom is -0.339 e. The lowest BCUT2D eigenvalue weighted by atomic mass is 10.1. The topological polar surface area (TPSA) is 25.2 Å². The Morgan fingerprint density at radius 2 is 2.00 bits per heavy atom. The number of carbonyl (C=O) groups excluding carboxylic acids is 1. The van der Waals surface area contributed by atoms with Gasteiger partial charge in [0.15, 0.2) is 0 Å². The number of aromatic nitrogens is 1. The SMILES string of the molecule is CC(C)CN(C(=O)c1cc(Br)cn1C1CC1)C1CCCC1. The molecule has 1 aromatic rings. The van der Waals surface area contributed by atoms with Crippen LogP contribution in [0.4, 0.5) is 0 Å². The summed E-state index contributed by atoms with van der Waals surface area (Å²) < 4.78 is 3.21. The van der Waals surface area contributed by atoms with Crippen LogP contribution in [0.15, 0.2) is 16.7 Å². The van der Waals surface area contributed by atoms with Crippen LogP contribution in [0.1, 0.15) is 68.9 Å². The average molecular weight is 353 g/mol. The molecule has 0 aromatic carbocycles. The Hall–Kier alpha value is -0.770. The van der Waals surface area contributed by atoms with Crippen molar-refractivity contribution >= 4 is 21.8 Å². The van der Waals surface area contributed by atoms with Gasteiger partial charge in [-0.3, -0.25) is 4.79 Å². The Labute approximate surface area is 135 Å². The monoisotopic (exact) mass is 352 g/mol. The van der Waals surface area contributed by atoms with E-state index in [0.29, 0.717) is 18.0 Å². The summed E-state index contributed by atoms with van der Waals surface area (Å²) in [5.74, 6) is 0.746. The third-order valence-corrected chi connectivity index (χ3v) is 5.00. The summed E-state index contributed by atoms with van der Waals surface area (Å²) in [7, 11) is 0. The van der Waals surface area contributed by atoms with Gasteiger partial charge in [0.1, 0.15) is 5.69 Å². The van der Waals surface area contributed by atoms with Crippen LogP contribution in [-0.4, -0.2) is 28.0 Å². The standard InChI is InChI=1S/C17H25BrN2O/c1-12(2)10-20(14-5-3-4-6-14)17(21)16-9-13(18)11-19(16)15-7-8-15/h9,11-12,14-15H,3-8,10H2,1-2H3. The molecule has 0 radical (unpaired) electrons. The Morgan fingerprint density at radius 3 is 2.57 bits per heavy atom. The highest BCUT2D eigenvalue weighted by molar-refractivity contribution is 9.10. The number of carbonyl (C=O) groups is 1. The van der Waals surface area contributed by atoms with Crippen molar-refractivity contribution in [3.63, 3.8) is 0 Å². The zero-order valence-electron chi connectivity index (χ0n) is 13.0. The summed E-state index contributed by atoms with van der Waals surface area (Å²) in [6.07, 6.45) is 9.35. The van der Waals surface area contributed by atoms with E-state index in [0.717, 1.165) is 16.7 Å². The van der Waals surface area contributed by atoms with Crippen molar-refractivity contribution in [3.05, 3.63) is 22.4 Å². The second kappa shape index (κ2) is 6.15. The summed E-state index contributed by atoms with van der Waals surface area (Å²) in [6, 6.07) is 2.99. The second-order valence-corrected chi connectivity index (χ2v) is 7.89. The maximum absolute atomic E-state index is 13.1. The van der Waals surface area contributed by atoms with Gasteiger partial charge in [0, 0.05) is 29.3 Å². The first kappa shape index (κ1) is 15.1. The third kappa shape index (κ3) is 3.36. The smallest absolute Gasteiger partial charge is 0.270 e. The van der Waals surface area contributed by atoms with Crippen LogP contribution in [0.3, 0.4) is 0 Å². The Bertz CT molecular complexity index is 513. The van der Waals surface area contributed by atoms with Crippen molar-refractivity contribution in [1.82, 2.24) is 9.47 Å². The molecule has 0 bridgehead atoms. The van der Waals surface area contributed by atoms with Crippen LogP contribution >= 0.6 is 15.9 Å². The fourth-order valence-corrected chi connectivity index (χ4v) is 3.86. The first-order chi connectivity index (χ1) is 10.1. The van der Waals surface area contributed by atoms with Crippen molar-refractivity contribution in [2.24, 2.45) is 5.92 Å². The molecule has 2 aliphatic rings. The predicted octanol–water partition coefficient (Wildman–Crippen LogP) is 4.63. The zero-order valence-corrected chi connectivity index (χ0v) is 14.6. The van der Waals surface area contributed by atoms with E-state index in [4.69, 9.17) is 0 Å². The number of nitrogens with zero attached hydrogens (tertiary/aromatic N) is 2. The summed E-state index contributed by atoms with van der Waals surface area (Å²) in [5.41, 5.74) is 0.872. The van der Waals surface area contributed by atoms with Gasteiger partial charge in [0.2, 0.25) is 0 Å².